The Morgan fingerprint density at radius 2 is 1.85 bits per heavy atom. The number of sulfone groups is 1. The van der Waals surface area contributed by atoms with Crippen molar-refractivity contribution in [1.82, 2.24) is 20.1 Å². The summed E-state index contributed by atoms with van der Waals surface area (Å²) in [6.45, 7) is 3.64. The van der Waals surface area contributed by atoms with Gasteiger partial charge in [0.1, 0.15) is 15.6 Å². The number of alkyl halides is 4. The molecule has 0 unspecified atom stereocenters. The number of nitrogens with one attached hydrogen (secondary N) is 1. The van der Waals surface area contributed by atoms with Crippen LogP contribution in [0.5, 0.6) is 5.75 Å². The monoisotopic (exact) mass is 576 g/mol. The summed E-state index contributed by atoms with van der Waals surface area (Å²) in [5.41, 5.74) is -0.187. The molecule has 1 saturated carbocycles. The van der Waals surface area contributed by atoms with Gasteiger partial charge in [-0.25, -0.2) is 17.2 Å². The molecule has 13 heteroatoms. The second-order valence-electron chi connectivity index (χ2n) is 10.8. The highest BCUT2D eigenvalue weighted by molar-refractivity contribution is 7.91. The predicted octanol–water partition coefficient (Wildman–Crippen LogP) is 5.04. The quantitative estimate of drug-likeness (QED) is 0.376. The van der Waals surface area contributed by atoms with Crippen molar-refractivity contribution in [3.05, 3.63) is 29.2 Å². The molecule has 1 amide bonds. The van der Waals surface area contributed by atoms with Gasteiger partial charge in [0.2, 0.25) is 6.43 Å². The largest absolute Gasteiger partial charge is 0.434 e. The molecule has 0 bridgehead atoms. The zero-order chi connectivity index (χ0) is 29.1. The van der Waals surface area contributed by atoms with Gasteiger partial charge in [-0.05, 0) is 45.4 Å². The van der Waals surface area contributed by atoms with E-state index in [9.17, 15) is 30.8 Å². The standard InChI is InChI=1S/C26H36F4N4O4S/c1-6-34-22(19-14-31-17(11-20(19)38-25(29)30)12-26(3,4)24(27)28)15(2)21(33-34)23(35)32-13-16-7-9-18(10-8-16)39(5,36)37/h11,14,16,18,24-25H,6-10,12-13H2,1-5H3,(H,32,35)/t16-,18-. The third-order valence-corrected chi connectivity index (χ3v) is 8.96. The number of hydrogen-bond acceptors (Lipinski definition) is 6. The molecule has 0 aliphatic heterocycles. The molecule has 0 radical (unpaired) electrons. The molecule has 1 fully saturated rings. The van der Waals surface area contributed by atoms with E-state index < -0.39 is 34.2 Å². The molecule has 2 aromatic heterocycles. The van der Waals surface area contributed by atoms with Crippen molar-refractivity contribution in [2.75, 3.05) is 12.8 Å². The van der Waals surface area contributed by atoms with Crippen LogP contribution in [-0.2, 0) is 22.8 Å². The zero-order valence-corrected chi connectivity index (χ0v) is 23.6. The topological polar surface area (TPSA) is 103 Å². The summed E-state index contributed by atoms with van der Waals surface area (Å²) >= 11 is 0. The number of aromatic nitrogens is 3. The minimum absolute atomic E-state index is 0.113. The lowest BCUT2D eigenvalue weighted by Gasteiger charge is -2.27. The van der Waals surface area contributed by atoms with Gasteiger partial charge in [0.25, 0.3) is 5.91 Å². The summed E-state index contributed by atoms with van der Waals surface area (Å²) in [6, 6.07) is 1.23. The van der Waals surface area contributed by atoms with Gasteiger partial charge in [-0.1, -0.05) is 13.8 Å². The van der Waals surface area contributed by atoms with Gasteiger partial charge in [-0.2, -0.15) is 13.9 Å². The molecule has 1 aliphatic carbocycles. The van der Waals surface area contributed by atoms with Gasteiger partial charge in [-0.3, -0.25) is 14.5 Å². The molecule has 2 heterocycles. The molecule has 3 rings (SSSR count). The van der Waals surface area contributed by atoms with E-state index in [4.69, 9.17) is 4.74 Å². The van der Waals surface area contributed by atoms with E-state index in [1.54, 1.807) is 13.8 Å². The Kier molecular flexibility index (Phi) is 9.66. The first-order valence-electron chi connectivity index (χ1n) is 12.9. The van der Waals surface area contributed by atoms with Crippen molar-refractivity contribution in [2.24, 2.45) is 11.3 Å². The summed E-state index contributed by atoms with van der Waals surface area (Å²) in [5, 5.41) is 6.92. The highest BCUT2D eigenvalue weighted by Gasteiger charge is 2.32. The van der Waals surface area contributed by atoms with Crippen LogP contribution < -0.4 is 10.1 Å². The molecule has 0 atom stereocenters. The van der Waals surface area contributed by atoms with E-state index in [0.29, 0.717) is 50.0 Å². The summed E-state index contributed by atoms with van der Waals surface area (Å²) in [4.78, 5) is 17.3. The summed E-state index contributed by atoms with van der Waals surface area (Å²) in [7, 11) is -3.08. The number of amides is 1. The van der Waals surface area contributed by atoms with Crippen LogP contribution in [-0.4, -0.2) is 60.2 Å². The number of halogens is 4. The molecule has 218 valence electrons. The van der Waals surface area contributed by atoms with Crippen molar-refractivity contribution in [3.63, 3.8) is 0 Å². The molecule has 0 spiro atoms. The zero-order valence-electron chi connectivity index (χ0n) is 22.8. The molecule has 1 aliphatic rings. The number of rotatable bonds is 11. The Morgan fingerprint density at radius 3 is 2.38 bits per heavy atom. The lowest BCUT2D eigenvalue weighted by molar-refractivity contribution is -0.0496. The minimum atomic E-state index is -3.17. The summed E-state index contributed by atoms with van der Waals surface area (Å²) in [5.74, 6) is -0.543. The Labute approximate surface area is 226 Å². The number of carbonyl (C=O) groups is 1. The number of pyridine rings is 1. The van der Waals surface area contributed by atoms with E-state index in [-0.39, 0.29) is 40.3 Å². The highest BCUT2D eigenvalue weighted by Crippen LogP contribution is 2.37. The molecule has 0 aromatic carbocycles. The van der Waals surface area contributed by atoms with Crippen molar-refractivity contribution >= 4 is 15.7 Å². The van der Waals surface area contributed by atoms with Crippen molar-refractivity contribution in [1.29, 1.82) is 0 Å². The first-order chi connectivity index (χ1) is 18.1. The lowest BCUT2D eigenvalue weighted by Crippen LogP contribution is -2.34. The number of ether oxygens (including phenoxy) is 1. The molecular weight excluding hydrogens is 540 g/mol. The Bertz CT molecular complexity index is 1270. The Balaban J connectivity index is 1.85. The van der Waals surface area contributed by atoms with Crippen LogP contribution in [0.25, 0.3) is 11.3 Å². The lowest BCUT2D eigenvalue weighted by atomic mass is 9.88. The maximum absolute atomic E-state index is 13.4. The normalized spacial score (nSPS) is 18.5. The summed E-state index contributed by atoms with van der Waals surface area (Å²) in [6.07, 6.45) is 2.20. The van der Waals surface area contributed by atoms with Crippen LogP contribution in [0.15, 0.2) is 12.3 Å². The Hall–Kier alpha value is -2.70. The van der Waals surface area contributed by atoms with Gasteiger partial charge >= 0.3 is 6.61 Å². The second-order valence-corrected chi connectivity index (χ2v) is 13.2. The van der Waals surface area contributed by atoms with E-state index in [1.165, 1.54) is 37.0 Å². The van der Waals surface area contributed by atoms with Gasteiger partial charge in [0.05, 0.1) is 16.5 Å². The first-order valence-corrected chi connectivity index (χ1v) is 14.9. The fourth-order valence-electron chi connectivity index (χ4n) is 4.91. The van der Waals surface area contributed by atoms with Crippen molar-refractivity contribution < 1.29 is 35.5 Å². The van der Waals surface area contributed by atoms with Gasteiger partial charge in [-0.15, -0.1) is 0 Å². The van der Waals surface area contributed by atoms with Crippen molar-refractivity contribution in [2.45, 2.75) is 84.6 Å². The number of carbonyl (C=O) groups excluding carboxylic acids is 1. The molecule has 2 aromatic rings. The second kappa shape index (κ2) is 12.2. The maximum atomic E-state index is 13.4. The van der Waals surface area contributed by atoms with Gasteiger partial charge < -0.3 is 10.1 Å². The predicted molar refractivity (Wildman–Crippen MR) is 139 cm³/mol. The number of hydrogen-bond donors (Lipinski definition) is 1. The number of nitrogens with zero attached hydrogens (tertiary/aromatic N) is 3. The highest BCUT2D eigenvalue weighted by atomic mass is 32.2. The van der Waals surface area contributed by atoms with E-state index in [1.807, 2.05) is 0 Å². The summed E-state index contributed by atoms with van der Waals surface area (Å²) < 4.78 is 83.2. The van der Waals surface area contributed by atoms with Crippen LogP contribution in [0.3, 0.4) is 0 Å². The van der Waals surface area contributed by atoms with E-state index in [2.05, 4.69) is 15.4 Å². The number of aryl methyl sites for hydroxylation is 1. The Morgan fingerprint density at radius 1 is 1.21 bits per heavy atom. The SMILES string of the molecule is CCn1nc(C(=O)NC[C@H]2CC[C@H](S(C)(=O)=O)CC2)c(C)c1-c1cnc(CC(C)(C)C(F)F)cc1OC(F)F. The third kappa shape index (κ3) is 7.49. The van der Waals surface area contributed by atoms with Crippen LogP contribution in [0, 0.1) is 18.3 Å². The fourth-order valence-corrected chi connectivity index (χ4v) is 6.04. The van der Waals surface area contributed by atoms with Crippen LogP contribution in [0.4, 0.5) is 17.6 Å². The third-order valence-electron chi connectivity index (χ3n) is 7.28. The molecule has 1 N–H and O–H groups in total. The molecular formula is C26H36F4N4O4S. The smallest absolute Gasteiger partial charge is 0.387 e. The van der Waals surface area contributed by atoms with E-state index in [0.717, 1.165) is 0 Å². The maximum Gasteiger partial charge on any atom is 0.387 e. The fraction of sp³-hybridized carbons (Fsp3) is 0.654. The first kappa shape index (κ1) is 30.8. The molecule has 39 heavy (non-hydrogen) atoms. The minimum Gasteiger partial charge on any atom is -0.434 e. The molecule has 8 nitrogen and oxygen atoms in total. The van der Waals surface area contributed by atoms with Crippen LogP contribution >= 0.6 is 0 Å². The van der Waals surface area contributed by atoms with E-state index >= 15 is 0 Å². The molecule has 0 saturated heterocycles. The van der Waals surface area contributed by atoms with Crippen LogP contribution in [0.1, 0.15) is 68.2 Å². The average Bonchev–Trinajstić information content (AvgIpc) is 3.18. The van der Waals surface area contributed by atoms with Gasteiger partial charge in [0, 0.05) is 54.7 Å². The average molecular weight is 577 g/mol. The van der Waals surface area contributed by atoms with Crippen molar-refractivity contribution in [3.8, 4) is 17.0 Å². The van der Waals surface area contributed by atoms with Crippen LogP contribution in [0.2, 0.25) is 0 Å². The van der Waals surface area contributed by atoms with Gasteiger partial charge in [0.15, 0.2) is 5.69 Å².